The lowest BCUT2D eigenvalue weighted by atomic mass is 10.2. The summed E-state index contributed by atoms with van der Waals surface area (Å²) in [5.74, 6) is -1.56. The molecule has 0 bridgehead atoms. The van der Waals surface area contributed by atoms with Gasteiger partial charge in [0.1, 0.15) is 11.4 Å². The van der Waals surface area contributed by atoms with Gasteiger partial charge in [-0.05, 0) is 54.6 Å². The zero-order valence-corrected chi connectivity index (χ0v) is 20.2. The summed E-state index contributed by atoms with van der Waals surface area (Å²) in [6.07, 6.45) is 0. The first-order valence-corrected chi connectivity index (χ1v) is 13.2. The molecule has 0 unspecified atom stereocenters. The molecule has 0 saturated heterocycles. The predicted octanol–water partition coefficient (Wildman–Crippen LogP) is 3.58. The van der Waals surface area contributed by atoms with E-state index in [0.717, 1.165) is 0 Å². The molecule has 0 saturated carbocycles. The van der Waals surface area contributed by atoms with Gasteiger partial charge in [-0.2, -0.15) is 0 Å². The number of sulfonamides is 2. The number of anilines is 2. The van der Waals surface area contributed by atoms with E-state index in [-0.39, 0.29) is 36.8 Å². The van der Waals surface area contributed by atoms with Crippen molar-refractivity contribution in [3.8, 4) is 0 Å². The van der Waals surface area contributed by atoms with Crippen molar-refractivity contribution in [2.45, 2.75) is 9.79 Å². The summed E-state index contributed by atoms with van der Waals surface area (Å²) in [5, 5.41) is 2.91. The maximum atomic E-state index is 12.6. The van der Waals surface area contributed by atoms with E-state index >= 15 is 0 Å². The second kappa shape index (κ2) is 8.91. The average molecular weight is 540 g/mol. The van der Waals surface area contributed by atoms with Crippen molar-refractivity contribution in [1.82, 2.24) is 4.31 Å². The number of carbonyl (C=O) groups is 2. The third-order valence-electron chi connectivity index (χ3n) is 4.82. The van der Waals surface area contributed by atoms with Crippen LogP contribution in [0.3, 0.4) is 0 Å². The minimum absolute atomic E-state index is 0.000616. The highest BCUT2D eigenvalue weighted by Gasteiger charge is 2.41. The lowest BCUT2D eigenvalue weighted by Gasteiger charge is -2.15. The number of carbonyl (C=O) groups excluding carboxylic acids is 2. The first-order chi connectivity index (χ1) is 16.0. The third-order valence-corrected chi connectivity index (χ3v) is 8.74. The molecule has 13 heteroatoms. The molecule has 0 atom stereocenters. The SMILES string of the molecule is O=C(CN1C(=O)c2ccccc2S1(=O)=O)Nc1ccc(S(=O)(=O)Nc2ccc(Cl)c(Cl)c2)cc1. The fourth-order valence-corrected chi connectivity index (χ4v) is 6.08. The van der Waals surface area contributed by atoms with Crippen LogP contribution >= 0.6 is 23.2 Å². The Morgan fingerprint density at radius 1 is 0.912 bits per heavy atom. The van der Waals surface area contributed by atoms with Gasteiger partial charge in [0.2, 0.25) is 5.91 Å². The summed E-state index contributed by atoms with van der Waals surface area (Å²) >= 11 is 11.7. The molecule has 0 spiro atoms. The Bertz CT molecular complexity index is 1520. The maximum absolute atomic E-state index is 12.6. The highest BCUT2D eigenvalue weighted by Crippen LogP contribution is 2.30. The number of amides is 2. The normalized spacial score (nSPS) is 14.5. The molecule has 0 aromatic heterocycles. The molecule has 34 heavy (non-hydrogen) atoms. The number of rotatable bonds is 6. The predicted molar refractivity (Wildman–Crippen MR) is 127 cm³/mol. The zero-order chi connectivity index (χ0) is 24.7. The van der Waals surface area contributed by atoms with Crippen molar-refractivity contribution in [3.63, 3.8) is 0 Å². The van der Waals surface area contributed by atoms with Crippen LogP contribution < -0.4 is 10.0 Å². The van der Waals surface area contributed by atoms with E-state index in [1.807, 2.05) is 0 Å². The summed E-state index contributed by atoms with van der Waals surface area (Å²) in [6.45, 7) is -0.727. The topological polar surface area (TPSA) is 130 Å². The second-order valence-corrected chi connectivity index (χ2v) is 11.4. The molecule has 4 rings (SSSR count). The van der Waals surface area contributed by atoms with E-state index in [2.05, 4.69) is 10.0 Å². The quantitative estimate of drug-likeness (QED) is 0.492. The minimum atomic E-state index is -4.13. The molecule has 1 aliphatic heterocycles. The van der Waals surface area contributed by atoms with Crippen LogP contribution in [0.15, 0.2) is 76.5 Å². The van der Waals surface area contributed by atoms with Gasteiger partial charge in [-0.25, -0.2) is 21.1 Å². The minimum Gasteiger partial charge on any atom is -0.325 e. The Hall–Kier alpha value is -3.12. The molecule has 2 N–H and O–H groups in total. The zero-order valence-electron chi connectivity index (χ0n) is 17.0. The number of halogens is 2. The van der Waals surface area contributed by atoms with Crippen molar-refractivity contribution in [1.29, 1.82) is 0 Å². The van der Waals surface area contributed by atoms with Gasteiger partial charge < -0.3 is 5.32 Å². The highest BCUT2D eigenvalue weighted by atomic mass is 35.5. The largest absolute Gasteiger partial charge is 0.325 e. The molecule has 2 amide bonds. The Balaban J connectivity index is 1.44. The summed E-state index contributed by atoms with van der Waals surface area (Å²) in [5.41, 5.74) is 0.420. The fourth-order valence-electron chi connectivity index (χ4n) is 3.21. The van der Waals surface area contributed by atoms with Gasteiger partial charge in [-0.3, -0.25) is 14.3 Å². The van der Waals surface area contributed by atoms with Crippen LogP contribution in [0.1, 0.15) is 10.4 Å². The number of nitrogens with one attached hydrogen (secondary N) is 2. The average Bonchev–Trinajstić information content (AvgIpc) is 2.97. The molecule has 9 nitrogen and oxygen atoms in total. The maximum Gasteiger partial charge on any atom is 0.269 e. The molecular formula is C21H15Cl2N3O6S2. The molecule has 0 radical (unpaired) electrons. The van der Waals surface area contributed by atoms with Gasteiger partial charge in [0.25, 0.3) is 26.0 Å². The molecule has 1 heterocycles. The van der Waals surface area contributed by atoms with Crippen molar-refractivity contribution < 1.29 is 26.4 Å². The monoisotopic (exact) mass is 539 g/mol. The molecule has 1 aliphatic rings. The van der Waals surface area contributed by atoms with Crippen LogP contribution in [0.4, 0.5) is 11.4 Å². The van der Waals surface area contributed by atoms with Gasteiger partial charge in [0.05, 0.1) is 26.2 Å². The first kappa shape index (κ1) is 24.0. The molecule has 3 aromatic rings. The van der Waals surface area contributed by atoms with Gasteiger partial charge in [-0.1, -0.05) is 35.3 Å². The van der Waals surface area contributed by atoms with E-state index in [4.69, 9.17) is 23.2 Å². The lowest BCUT2D eigenvalue weighted by molar-refractivity contribution is -0.116. The summed E-state index contributed by atoms with van der Waals surface area (Å²) in [6, 6.07) is 15.1. The van der Waals surface area contributed by atoms with E-state index in [1.54, 1.807) is 0 Å². The van der Waals surface area contributed by atoms with Crippen LogP contribution in [0.2, 0.25) is 10.0 Å². The molecule has 0 fully saturated rings. The number of fused-ring (bicyclic) bond motifs is 1. The number of hydrogen-bond donors (Lipinski definition) is 2. The van der Waals surface area contributed by atoms with E-state index in [1.165, 1.54) is 66.7 Å². The van der Waals surface area contributed by atoms with Crippen molar-refractivity contribution in [3.05, 3.63) is 82.3 Å². The van der Waals surface area contributed by atoms with Gasteiger partial charge in [-0.15, -0.1) is 0 Å². The van der Waals surface area contributed by atoms with E-state index in [0.29, 0.717) is 4.31 Å². The molecular weight excluding hydrogens is 525 g/mol. The van der Waals surface area contributed by atoms with Crippen molar-refractivity contribution in [2.24, 2.45) is 0 Å². The smallest absolute Gasteiger partial charge is 0.269 e. The number of benzene rings is 3. The lowest BCUT2D eigenvalue weighted by Crippen LogP contribution is -2.37. The van der Waals surface area contributed by atoms with Gasteiger partial charge in [0.15, 0.2) is 0 Å². The first-order valence-electron chi connectivity index (χ1n) is 9.53. The van der Waals surface area contributed by atoms with Crippen LogP contribution in [-0.4, -0.2) is 39.5 Å². The summed E-state index contributed by atoms with van der Waals surface area (Å²) in [7, 11) is -8.08. The van der Waals surface area contributed by atoms with Crippen LogP contribution in [-0.2, 0) is 24.8 Å². The Morgan fingerprint density at radius 3 is 2.21 bits per heavy atom. The second-order valence-electron chi connectivity index (χ2n) is 7.12. The number of hydrogen-bond acceptors (Lipinski definition) is 6. The van der Waals surface area contributed by atoms with Gasteiger partial charge >= 0.3 is 0 Å². The highest BCUT2D eigenvalue weighted by molar-refractivity contribution is 7.92. The summed E-state index contributed by atoms with van der Waals surface area (Å²) < 4.78 is 53.2. The van der Waals surface area contributed by atoms with E-state index in [9.17, 15) is 26.4 Å². The fraction of sp³-hybridized carbons (Fsp3) is 0.0476. The Labute approximate surface area is 205 Å². The van der Waals surface area contributed by atoms with E-state index < -0.39 is 38.4 Å². The third kappa shape index (κ3) is 4.60. The Kier molecular flexibility index (Phi) is 6.30. The summed E-state index contributed by atoms with van der Waals surface area (Å²) in [4.78, 5) is 24.6. The van der Waals surface area contributed by atoms with Crippen LogP contribution in [0.25, 0.3) is 0 Å². The molecule has 176 valence electrons. The molecule has 3 aromatic carbocycles. The number of nitrogens with zero attached hydrogens (tertiary/aromatic N) is 1. The van der Waals surface area contributed by atoms with Crippen molar-refractivity contribution in [2.75, 3.05) is 16.6 Å². The van der Waals surface area contributed by atoms with Gasteiger partial charge in [0, 0.05) is 5.69 Å². The van der Waals surface area contributed by atoms with Crippen molar-refractivity contribution >= 4 is 66.4 Å². The standard InChI is InChI=1S/C21H15Cl2N3O6S2/c22-17-10-7-14(11-18(17)23)25-33(29,30)15-8-5-13(6-9-15)24-20(27)12-26-21(28)16-3-1-2-4-19(16)34(26,31)32/h1-11,25H,12H2,(H,24,27). The Morgan fingerprint density at radius 2 is 1.56 bits per heavy atom. The van der Waals surface area contributed by atoms with Crippen LogP contribution in [0, 0.1) is 0 Å². The van der Waals surface area contributed by atoms with Crippen LogP contribution in [0.5, 0.6) is 0 Å². The molecule has 0 aliphatic carbocycles.